The van der Waals surface area contributed by atoms with Crippen LogP contribution in [0.4, 0.5) is 0 Å². The minimum Gasteiger partial charge on any atom is -0.462 e. The van der Waals surface area contributed by atoms with E-state index in [4.69, 9.17) is 14.2 Å². The first-order chi connectivity index (χ1) is 36.5. The fourth-order valence-corrected chi connectivity index (χ4v) is 10.7. The molecule has 1 unspecified atom stereocenters. The van der Waals surface area contributed by atoms with Crippen molar-refractivity contribution in [3.8, 4) is 0 Å². The Kier molecular flexibility index (Phi) is 62.6. The molecule has 0 heterocycles. The number of esters is 3. The normalized spacial score (nSPS) is 11.9. The van der Waals surface area contributed by atoms with E-state index in [0.29, 0.717) is 19.3 Å². The van der Waals surface area contributed by atoms with Gasteiger partial charge in [-0.1, -0.05) is 361 Å². The van der Waals surface area contributed by atoms with E-state index in [1.54, 1.807) is 0 Å². The Labute approximate surface area is 463 Å². The number of unbranched alkanes of at least 4 members (excludes halogenated alkanes) is 53. The predicted octanol–water partition coefficient (Wildman–Crippen LogP) is 23.1. The van der Waals surface area contributed by atoms with Gasteiger partial charge in [-0.15, -0.1) is 0 Å². The lowest BCUT2D eigenvalue weighted by Crippen LogP contribution is -2.30. The fraction of sp³-hybridized carbons (Fsp3) is 0.956. The van der Waals surface area contributed by atoms with Gasteiger partial charge in [-0.25, -0.2) is 0 Å². The fourth-order valence-electron chi connectivity index (χ4n) is 10.7. The maximum absolute atomic E-state index is 12.9. The molecule has 0 spiro atoms. The zero-order chi connectivity index (χ0) is 53.6. The Morgan fingerprint density at radius 2 is 0.365 bits per heavy atom. The molecule has 0 rings (SSSR count). The van der Waals surface area contributed by atoms with E-state index in [9.17, 15) is 14.4 Å². The highest BCUT2D eigenvalue weighted by molar-refractivity contribution is 5.71. The second kappa shape index (κ2) is 63.9. The average molecular weight is 1050 g/mol. The predicted molar refractivity (Wildman–Crippen MR) is 321 cm³/mol. The molecule has 0 bridgehead atoms. The van der Waals surface area contributed by atoms with Crippen molar-refractivity contribution in [3.05, 3.63) is 0 Å². The first kappa shape index (κ1) is 72.4. The lowest BCUT2D eigenvalue weighted by molar-refractivity contribution is -0.167. The van der Waals surface area contributed by atoms with E-state index in [1.807, 2.05) is 0 Å². The van der Waals surface area contributed by atoms with Gasteiger partial charge in [0.05, 0.1) is 0 Å². The molecule has 0 fully saturated rings. The van der Waals surface area contributed by atoms with Gasteiger partial charge < -0.3 is 14.2 Å². The SMILES string of the molecule is CCCCCCCCCCCCCCCCCCCCCCC(=O)OCC(COC(=O)CCCCCCCCCCCCCCCCCCC)OC(=O)CCCCCCCCCCCCCCCCCCCCC. The quantitative estimate of drug-likeness (QED) is 0.0343. The Bertz CT molecular complexity index is 1110. The van der Waals surface area contributed by atoms with Gasteiger partial charge >= 0.3 is 17.9 Å². The lowest BCUT2D eigenvalue weighted by atomic mass is 10.0. The third kappa shape index (κ3) is 61.3. The highest BCUT2D eigenvalue weighted by Crippen LogP contribution is 2.19. The summed E-state index contributed by atoms with van der Waals surface area (Å²) in [5, 5.41) is 0. The maximum Gasteiger partial charge on any atom is 0.306 e. The molecule has 0 saturated carbocycles. The van der Waals surface area contributed by atoms with Crippen molar-refractivity contribution in [1.82, 2.24) is 0 Å². The zero-order valence-corrected chi connectivity index (χ0v) is 50.7. The van der Waals surface area contributed by atoms with Crippen LogP contribution in [0.15, 0.2) is 0 Å². The topological polar surface area (TPSA) is 78.9 Å². The van der Waals surface area contributed by atoms with E-state index < -0.39 is 6.10 Å². The molecule has 74 heavy (non-hydrogen) atoms. The van der Waals surface area contributed by atoms with E-state index in [-0.39, 0.29) is 31.1 Å². The second-order valence-electron chi connectivity index (χ2n) is 23.5. The number of carbonyl (C=O) groups is 3. The summed E-state index contributed by atoms with van der Waals surface area (Å²) in [4.78, 5) is 38.4. The molecular weight excluding hydrogens is 913 g/mol. The average Bonchev–Trinajstić information content (AvgIpc) is 3.40. The molecular formula is C68H132O6. The molecule has 0 aliphatic heterocycles. The van der Waals surface area contributed by atoms with Crippen LogP contribution in [0.1, 0.15) is 400 Å². The molecule has 0 radical (unpaired) electrons. The summed E-state index contributed by atoms with van der Waals surface area (Å²) in [5.41, 5.74) is 0. The van der Waals surface area contributed by atoms with Crippen molar-refractivity contribution >= 4 is 17.9 Å². The van der Waals surface area contributed by atoms with Gasteiger partial charge in [0, 0.05) is 19.3 Å². The molecule has 0 aliphatic carbocycles. The van der Waals surface area contributed by atoms with Crippen LogP contribution in [0.2, 0.25) is 0 Å². The minimum atomic E-state index is -0.763. The molecule has 6 nitrogen and oxygen atoms in total. The number of hydrogen-bond acceptors (Lipinski definition) is 6. The zero-order valence-electron chi connectivity index (χ0n) is 50.7. The molecule has 0 saturated heterocycles. The number of carbonyl (C=O) groups excluding carboxylic acids is 3. The summed E-state index contributed by atoms with van der Waals surface area (Å²) in [6.07, 6.45) is 74.0. The summed E-state index contributed by atoms with van der Waals surface area (Å²) in [5.74, 6) is -0.820. The van der Waals surface area contributed by atoms with Gasteiger partial charge in [0.25, 0.3) is 0 Å². The smallest absolute Gasteiger partial charge is 0.306 e. The standard InChI is InChI=1S/C68H132O6/c1-4-7-10-13-16-19-22-25-28-31-33-35-37-40-43-46-49-52-55-58-61-67(70)73-64-65(63-72-66(69)60-57-54-51-48-45-42-39-36-30-27-24-21-18-15-12-9-6-3)74-68(71)62-59-56-53-50-47-44-41-38-34-32-29-26-23-20-17-14-11-8-5-2/h65H,4-64H2,1-3H3. The third-order valence-electron chi connectivity index (χ3n) is 15.9. The summed E-state index contributed by atoms with van der Waals surface area (Å²) in [6.45, 7) is 6.74. The van der Waals surface area contributed by atoms with Gasteiger partial charge in [0.2, 0.25) is 0 Å². The first-order valence-corrected chi connectivity index (χ1v) is 34.0. The molecule has 0 aromatic rings. The Morgan fingerprint density at radius 3 is 0.541 bits per heavy atom. The molecule has 0 aromatic carbocycles. The van der Waals surface area contributed by atoms with Crippen molar-refractivity contribution in [3.63, 3.8) is 0 Å². The molecule has 6 heteroatoms. The van der Waals surface area contributed by atoms with Crippen LogP contribution in [0, 0.1) is 0 Å². The van der Waals surface area contributed by atoms with E-state index in [0.717, 1.165) is 57.8 Å². The third-order valence-corrected chi connectivity index (χ3v) is 15.9. The van der Waals surface area contributed by atoms with Gasteiger partial charge in [-0.2, -0.15) is 0 Å². The monoisotopic (exact) mass is 1050 g/mol. The van der Waals surface area contributed by atoms with Gasteiger partial charge in [0.1, 0.15) is 13.2 Å². The van der Waals surface area contributed by atoms with E-state index in [1.165, 1.54) is 302 Å². The molecule has 0 aromatic heterocycles. The number of rotatable bonds is 64. The van der Waals surface area contributed by atoms with Crippen LogP contribution in [0.25, 0.3) is 0 Å². The van der Waals surface area contributed by atoms with E-state index in [2.05, 4.69) is 20.8 Å². The first-order valence-electron chi connectivity index (χ1n) is 34.0. The largest absolute Gasteiger partial charge is 0.462 e. The van der Waals surface area contributed by atoms with Crippen molar-refractivity contribution in [2.75, 3.05) is 13.2 Å². The molecule has 440 valence electrons. The van der Waals surface area contributed by atoms with E-state index >= 15 is 0 Å². The van der Waals surface area contributed by atoms with Crippen molar-refractivity contribution in [1.29, 1.82) is 0 Å². The maximum atomic E-state index is 12.9. The molecule has 1 atom stereocenters. The Hall–Kier alpha value is -1.59. The molecule has 0 N–H and O–H groups in total. The summed E-state index contributed by atoms with van der Waals surface area (Å²) in [6, 6.07) is 0. The highest BCUT2D eigenvalue weighted by atomic mass is 16.6. The van der Waals surface area contributed by atoms with Crippen molar-refractivity contribution in [2.45, 2.75) is 406 Å². The minimum absolute atomic E-state index is 0.0602. The van der Waals surface area contributed by atoms with Crippen LogP contribution in [0.5, 0.6) is 0 Å². The number of hydrogen-bond donors (Lipinski definition) is 0. The van der Waals surface area contributed by atoms with Crippen molar-refractivity contribution in [2.24, 2.45) is 0 Å². The summed E-state index contributed by atoms with van der Waals surface area (Å²) in [7, 11) is 0. The highest BCUT2D eigenvalue weighted by Gasteiger charge is 2.19. The molecule has 0 aliphatic rings. The van der Waals surface area contributed by atoms with Crippen LogP contribution in [-0.4, -0.2) is 37.2 Å². The second-order valence-corrected chi connectivity index (χ2v) is 23.5. The van der Waals surface area contributed by atoms with Crippen molar-refractivity contribution < 1.29 is 28.6 Å². The van der Waals surface area contributed by atoms with Crippen LogP contribution >= 0.6 is 0 Å². The number of ether oxygens (including phenoxy) is 3. The van der Waals surface area contributed by atoms with Crippen LogP contribution in [0.3, 0.4) is 0 Å². The van der Waals surface area contributed by atoms with Gasteiger partial charge in [-0.05, 0) is 19.3 Å². The lowest BCUT2D eigenvalue weighted by Gasteiger charge is -2.18. The van der Waals surface area contributed by atoms with Gasteiger partial charge in [0.15, 0.2) is 6.10 Å². The van der Waals surface area contributed by atoms with Crippen LogP contribution < -0.4 is 0 Å². The van der Waals surface area contributed by atoms with Gasteiger partial charge in [-0.3, -0.25) is 14.4 Å². The molecule has 0 amide bonds. The Balaban J connectivity index is 4.27. The Morgan fingerprint density at radius 1 is 0.216 bits per heavy atom. The summed E-state index contributed by atoms with van der Waals surface area (Å²) >= 11 is 0. The summed E-state index contributed by atoms with van der Waals surface area (Å²) < 4.78 is 17.0. The van der Waals surface area contributed by atoms with Crippen LogP contribution in [-0.2, 0) is 28.6 Å².